The van der Waals surface area contributed by atoms with Gasteiger partial charge in [-0.3, -0.25) is 4.79 Å². The van der Waals surface area contributed by atoms with E-state index >= 15 is 0 Å². The third kappa shape index (κ3) is 4.44. The summed E-state index contributed by atoms with van der Waals surface area (Å²) < 4.78 is 10.3. The molecule has 0 heterocycles. The molecule has 0 saturated carbocycles. The van der Waals surface area contributed by atoms with Crippen molar-refractivity contribution in [2.75, 3.05) is 14.2 Å². The number of ether oxygens (including phenoxy) is 2. The lowest BCUT2D eigenvalue weighted by Gasteiger charge is -2.16. The van der Waals surface area contributed by atoms with Gasteiger partial charge in [-0.2, -0.15) is 0 Å². The Kier molecular flexibility index (Phi) is 5.63. The Labute approximate surface area is 113 Å². The van der Waals surface area contributed by atoms with E-state index in [2.05, 4.69) is 5.32 Å². The van der Waals surface area contributed by atoms with E-state index < -0.39 is 6.10 Å². The van der Waals surface area contributed by atoms with Gasteiger partial charge in [0.05, 0.1) is 20.3 Å². The average Bonchev–Trinajstić information content (AvgIpc) is 2.36. The van der Waals surface area contributed by atoms with Gasteiger partial charge in [0.25, 0.3) is 5.91 Å². The summed E-state index contributed by atoms with van der Waals surface area (Å²) in [6, 6.07) is 4.89. The van der Waals surface area contributed by atoms with Crippen LogP contribution in [0.25, 0.3) is 0 Å². The van der Waals surface area contributed by atoms with Crippen LogP contribution in [0.4, 0.5) is 0 Å². The highest BCUT2D eigenvalue weighted by Gasteiger charge is 2.14. The first-order valence-electron chi connectivity index (χ1n) is 6.18. The number of aliphatic hydroxyl groups excluding tert-OH is 1. The maximum atomic E-state index is 12.0. The first-order chi connectivity index (χ1) is 8.97. The molecule has 2 atom stereocenters. The van der Waals surface area contributed by atoms with E-state index in [9.17, 15) is 9.90 Å². The number of rotatable bonds is 6. The zero-order valence-corrected chi connectivity index (χ0v) is 11.8. The minimum absolute atomic E-state index is 0.0967. The van der Waals surface area contributed by atoms with Crippen molar-refractivity contribution in [3.05, 3.63) is 23.8 Å². The summed E-state index contributed by atoms with van der Waals surface area (Å²) in [7, 11) is 3.07. The molecule has 1 rings (SSSR count). The summed E-state index contributed by atoms with van der Waals surface area (Å²) in [4.78, 5) is 12.0. The van der Waals surface area contributed by atoms with Crippen LogP contribution in [-0.2, 0) is 0 Å². The minimum Gasteiger partial charge on any atom is -0.493 e. The molecule has 2 unspecified atom stereocenters. The topological polar surface area (TPSA) is 67.8 Å². The van der Waals surface area contributed by atoms with Gasteiger partial charge in [0.1, 0.15) is 0 Å². The van der Waals surface area contributed by atoms with Crippen LogP contribution >= 0.6 is 0 Å². The number of nitrogens with one attached hydrogen (secondary N) is 1. The first kappa shape index (κ1) is 15.3. The van der Waals surface area contributed by atoms with Gasteiger partial charge in [-0.1, -0.05) is 0 Å². The maximum Gasteiger partial charge on any atom is 0.251 e. The molecular weight excluding hydrogens is 246 g/mol. The molecule has 1 aromatic carbocycles. The van der Waals surface area contributed by atoms with Crippen molar-refractivity contribution >= 4 is 5.91 Å². The second kappa shape index (κ2) is 6.99. The maximum absolute atomic E-state index is 12.0. The third-order valence-electron chi connectivity index (χ3n) is 2.72. The van der Waals surface area contributed by atoms with Gasteiger partial charge in [-0.25, -0.2) is 0 Å². The van der Waals surface area contributed by atoms with Crippen LogP contribution in [0.2, 0.25) is 0 Å². The van der Waals surface area contributed by atoms with Crippen LogP contribution in [0.15, 0.2) is 18.2 Å². The third-order valence-corrected chi connectivity index (χ3v) is 2.72. The molecule has 19 heavy (non-hydrogen) atoms. The lowest BCUT2D eigenvalue weighted by Crippen LogP contribution is -2.34. The van der Waals surface area contributed by atoms with E-state index in [-0.39, 0.29) is 11.9 Å². The summed E-state index contributed by atoms with van der Waals surface area (Å²) in [6.45, 7) is 3.55. The number of benzene rings is 1. The quantitative estimate of drug-likeness (QED) is 0.821. The Bertz CT molecular complexity index is 431. The Morgan fingerprint density at radius 2 is 1.89 bits per heavy atom. The second-order valence-electron chi connectivity index (χ2n) is 4.53. The number of carbonyl (C=O) groups is 1. The number of aliphatic hydroxyl groups is 1. The lowest BCUT2D eigenvalue weighted by molar-refractivity contribution is 0.0922. The van der Waals surface area contributed by atoms with Gasteiger partial charge in [0, 0.05) is 11.6 Å². The largest absolute Gasteiger partial charge is 0.493 e. The fourth-order valence-corrected chi connectivity index (χ4v) is 1.86. The predicted octanol–water partition coefficient (Wildman–Crippen LogP) is 1.59. The summed E-state index contributed by atoms with van der Waals surface area (Å²) in [5.74, 6) is 0.892. The van der Waals surface area contributed by atoms with E-state index in [0.717, 1.165) is 0 Å². The SMILES string of the molecule is COc1ccc(C(=O)NC(C)CC(C)O)cc1OC. The highest BCUT2D eigenvalue weighted by molar-refractivity contribution is 5.95. The number of amides is 1. The van der Waals surface area contributed by atoms with Crippen molar-refractivity contribution in [3.8, 4) is 11.5 Å². The van der Waals surface area contributed by atoms with Crippen LogP contribution < -0.4 is 14.8 Å². The zero-order chi connectivity index (χ0) is 14.4. The summed E-state index contributed by atoms with van der Waals surface area (Å²) in [6.07, 6.45) is 0.0691. The van der Waals surface area contributed by atoms with Crippen LogP contribution in [-0.4, -0.2) is 37.4 Å². The Balaban J connectivity index is 2.77. The zero-order valence-electron chi connectivity index (χ0n) is 11.8. The fraction of sp³-hybridized carbons (Fsp3) is 0.500. The molecule has 0 aliphatic carbocycles. The molecule has 0 aromatic heterocycles. The van der Waals surface area contributed by atoms with Gasteiger partial charge in [0.2, 0.25) is 0 Å². The Morgan fingerprint density at radius 3 is 2.42 bits per heavy atom. The number of hydrogen-bond acceptors (Lipinski definition) is 4. The molecule has 1 aromatic rings. The van der Waals surface area contributed by atoms with Crippen molar-refractivity contribution in [2.24, 2.45) is 0 Å². The molecule has 106 valence electrons. The molecule has 0 aliphatic heterocycles. The highest BCUT2D eigenvalue weighted by Crippen LogP contribution is 2.27. The molecule has 1 amide bonds. The smallest absolute Gasteiger partial charge is 0.251 e. The van der Waals surface area contributed by atoms with E-state index in [1.54, 1.807) is 32.2 Å². The van der Waals surface area contributed by atoms with Crippen molar-refractivity contribution in [2.45, 2.75) is 32.4 Å². The molecular formula is C14H21NO4. The average molecular weight is 267 g/mol. The number of methoxy groups -OCH3 is 2. The van der Waals surface area contributed by atoms with Crippen LogP contribution in [0.5, 0.6) is 11.5 Å². The molecule has 5 heteroatoms. The van der Waals surface area contributed by atoms with Gasteiger partial charge in [-0.05, 0) is 38.5 Å². The molecule has 0 fully saturated rings. The van der Waals surface area contributed by atoms with Crippen LogP contribution in [0, 0.1) is 0 Å². The summed E-state index contributed by atoms with van der Waals surface area (Å²) in [5, 5.41) is 12.1. The van der Waals surface area contributed by atoms with E-state index in [4.69, 9.17) is 9.47 Å². The number of hydrogen-bond donors (Lipinski definition) is 2. The van der Waals surface area contributed by atoms with Crippen LogP contribution in [0.3, 0.4) is 0 Å². The van der Waals surface area contributed by atoms with Crippen molar-refractivity contribution in [1.82, 2.24) is 5.32 Å². The molecule has 0 radical (unpaired) electrons. The minimum atomic E-state index is -0.444. The molecule has 2 N–H and O–H groups in total. The molecule has 5 nitrogen and oxygen atoms in total. The lowest BCUT2D eigenvalue weighted by atomic mass is 10.1. The number of carbonyl (C=O) groups excluding carboxylic acids is 1. The van der Waals surface area contributed by atoms with E-state index in [0.29, 0.717) is 23.5 Å². The van der Waals surface area contributed by atoms with Gasteiger partial charge < -0.3 is 19.9 Å². The second-order valence-corrected chi connectivity index (χ2v) is 4.53. The van der Waals surface area contributed by atoms with Gasteiger partial charge >= 0.3 is 0 Å². The molecule has 0 aliphatic rings. The Morgan fingerprint density at radius 1 is 1.26 bits per heavy atom. The van der Waals surface area contributed by atoms with Gasteiger partial charge in [-0.15, -0.1) is 0 Å². The molecule has 0 spiro atoms. The highest BCUT2D eigenvalue weighted by atomic mass is 16.5. The fourth-order valence-electron chi connectivity index (χ4n) is 1.86. The predicted molar refractivity (Wildman–Crippen MR) is 72.8 cm³/mol. The molecule has 0 saturated heterocycles. The van der Waals surface area contributed by atoms with Crippen molar-refractivity contribution in [3.63, 3.8) is 0 Å². The molecule has 0 bridgehead atoms. The normalized spacial score (nSPS) is 13.5. The summed E-state index contributed by atoms with van der Waals surface area (Å²) in [5.41, 5.74) is 0.495. The standard InChI is InChI=1S/C14H21NO4/c1-9(7-10(2)16)15-14(17)11-5-6-12(18-3)13(8-11)19-4/h5-6,8-10,16H,7H2,1-4H3,(H,15,17). The van der Waals surface area contributed by atoms with Crippen molar-refractivity contribution < 1.29 is 19.4 Å². The van der Waals surface area contributed by atoms with Crippen LogP contribution in [0.1, 0.15) is 30.6 Å². The monoisotopic (exact) mass is 267 g/mol. The van der Waals surface area contributed by atoms with Gasteiger partial charge in [0.15, 0.2) is 11.5 Å². The summed E-state index contributed by atoms with van der Waals surface area (Å²) >= 11 is 0. The Hall–Kier alpha value is -1.75. The van der Waals surface area contributed by atoms with E-state index in [1.807, 2.05) is 6.92 Å². The van der Waals surface area contributed by atoms with E-state index in [1.165, 1.54) is 7.11 Å². The first-order valence-corrected chi connectivity index (χ1v) is 6.18. The van der Waals surface area contributed by atoms with Crippen molar-refractivity contribution in [1.29, 1.82) is 0 Å².